The van der Waals surface area contributed by atoms with E-state index < -0.39 is 0 Å². The molecule has 2 N–H and O–H groups in total. The van der Waals surface area contributed by atoms with Gasteiger partial charge >= 0.3 is 6.03 Å². The average molecular weight is 337 g/mol. The minimum absolute atomic E-state index is 0.0859. The Hall–Kier alpha value is -1.60. The van der Waals surface area contributed by atoms with Gasteiger partial charge in [-0.05, 0) is 38.8 Å². The normalized spacial score (nSPS) is 16.8. The number of aromatic nitrogens is 2. The van der Waals surface area contributed by atoms with Crippen LogP contribution in [0.2, 0.25) is 0 Å². The quantitative estimate of drug-likeness (QED) is 0.698. The molecule has 7 nitrogen and oxygen atoms in total. The molecule has 0 bridgehead atoms. The predicted molar refractivity (Wildman–Crippen MR) is 94.1 cm³/mol. The summed E-state index contributed by atoms with van der Waals surface area (Å²) in [7, 11) is 0. The molecule has 1 aromatic rings. The van der Waals surface area contributed by atoms with E-state index in [1.165, 1.54) is 0 Å². The van der Waals surface area contributed by atoms with Gasteiger partial charge in [-0.3, -0.25) is 9.58 Å². The molecular weight excluding hydrogens is 306 g/mol. The number of hydrogen-bond acceptors (Lipinski definition) is 4. The summed E-state index contributed by atoms with van der Waals surface area (Å²) in [6, 6.07) is 1.98. The molecule has 1 fully saturated rings. The van der Waals surface area contributed by atoms with Crippen LogP contribution in [0.4, 0.5) is 4.79 Å². The van der Waals surface area contributed by atoms with E-state index in [2.05, 4.69) is 40.5 Å². The van der Waals surface area contributed by atoms with Gasteiger partial charge in [-0.25, -0.2) is 4.79 Å². The second-order valence-electron chi connectivity index (χ2n) is 6.66. The number of urea groups is 1. The van der Waals surface area contributed by atoms with Crippen molar-refractivity contribution in [3.05, 3.63) is 17.5 Å². The van der Waals surface area contributed by atoms with Crippen molar-refractivity contribution in [2.75, 3.05) is 45.9 Å². The Balaban J connectivity index is 1.54. The van der Waals surface area contributed by atoms with E-state index in [-0.39, 0.29) is 6.03 Å². The van der Waals surface area contributed by atoms with Crippen molar-refractivity contribution in [1.82, 2.24) is 25.3 Å². The van der Waals surface area contributed by atoms with Gasteiger partial charge in [0.15, 0.2) is 0 Å². The maximum atomic E-state index is 11.8. The Kier molecular flexibility index (Phi) is 7.52. The smallest absolute Gasteiger partial charge is 0.314 e. The molecule has 0 aromatic carbocycles. The molecule has 1 atom stereocenters. The third-order valence-electron chi connectivity index (χ3n) is 4.24. The SMILES string of the molecule is Cc1cc(C)n(CC(C)CNC(=O)NCCCN2CCOCC2)n1. The number of carbonyl (C=O) groups is 1. The van der Waals surface area contributed by atoms with Crippen molar-refractivity contribution in [2.45, 2.75) is 33.7 Å². The number of hydrogen-bond donors (Lipinski definition) is 2. The molecule has 1 aromatic heterocycles. The van der Waals surface area contributed by atoms with E-state index >= 15 is 0 Å². The van der Waals surface area contributed by atoms with Crippen LogP contribution in [-0.4, -0.2) is 66.6 Å². The molecular formula is C17H31N5O2. The van der Waals surface area contributed by atoms with Crippen molar-refractivity contribution in [3.63, 3.8) is 0 Å². The molecule has 1 aliphatic heterocycles. The number of morpholine rings is 1. The van der Waals surface area contributed by atoms with Gasteiger partial charge < -0.3 is 15.4 Å². The zero-order valence-electron chi connectivity index (χ0n) is 15.2. The van der Waals surface area contributed by atoms with E-state index in [4.69, 9.17) is 4.74 Å². The lowest BCUT2D eigenvalue weighted by atomic mass is 10.2. The molecule has 0 aliphatic carbocycles. The molecule has 1 unspecified atom stereocenters. The summed E-state index contributed by atoms with van der Waals surface area (Å²) >= 11 is 0. The Labute approximate surface area is 144 Å². The molecule has 2 rings (SSSR count). The summed E-state index contributed by atoms with van der Waals surface area (Å²) < 4.78 is 7.32. The molecule has 0 spiro atoms. The topological polar surface area (TPSA) is 71.4 Å². The Morgan fingerprint density at radius 1 is 1.33 bits per heavy atom. The van der Waals surface area contributed by atoms with Crippen LogP contribution in [0.15, 0.2) is 6.07 Å². The van der Waals surface area contributed by atoms with Crippen molar-refractivity contribution in [3.8, 4) is 0 Å². The average Bonchev–Trinajstić information content (AvgIpc) is 2.88. The third kappa shape index (κ3) is 6.49. The van der Waals surface area contributed by atoms with Gasteiger partial charge in [0.05, 0.1) is 18.9 Å². The van der Waals surface area contributed by atoms with Crippen molar-refractivity contribution in [1.29, 1.82) is 0 Å². The molecule has 1 aliphatic rings. The summed E-state index contributed by atoms with van der Waals surface area (Å²) in [5.41, 5.74) is 2.19. The van der Waals surface area contributed by atoms with Crippen LogP contribution in [0, 0.1) is 19.8 Å². The third-order valence-corrected chi connectivity index (χ3v) is 4.24. The predicted octanol–water partition coefficient (Wildman–Crippen LogP) is 1.16. The Morgan fingerprint density at radius 2 is 2.08 bits per heavy atom. The van der Waals surface area contributed by atoms with E-state index in [1.54, 1.807) is 0 Å². The first kappa shape index (κ1) is 18.7. The van der Waals surface area contributed by atoms with E-state index in [1.807, 2.05) is 11.6 Å². The van der Waals surface area contributed by atoms with Gasteiger partial charge in [-0.2, -0.15) is 5.10 Å². The van der Waals surface area contributed by atoms with Gasteiger partial charge in [-0.1, -0.05) is 6.92 Å². The standard InChI is InChI=1S/C17H31N5O2/c1-14(13-22-16(3)11-15(2)20-22)12-19-17(23)18-5-4-6-21-7-9-24-10-8-21/h11,14H,4-10,12-13H2,1-3H3,(H2,18,19,23). The largest absolute Gasteiger partial charge is 0.379 e. The molecule has 7 heteroatoms. The number of amides is 2. The lowest BCUT2D eigenvalue weighted by Crippen LogP contribution is -2.41. The molecule has 2 amide bonds. The first-order chi connectivity index (χ1) is 11.5. The maximum absolute atomic E-state index is 11.8. The summed E-state index contributed by atoms with van der Waals surface area (Å²) in [4.78, 5) is 14.2. The monoisotopic (exact) mass is 337 g/mol. The van der Waals surface area contributed by atoms with Crippen LogP contribution in [0.25, 0.3) is 0 Å². The lowest BCUT2D eigenvalue weighted by Gasteiger charge is -2.26. The van der Waals surface area contributed by atoms with Crippen LogP contribution in [0.5, 0.6) is 0 Å². The lowest BCUT2D eigenvalue weighted by molar-refractivity contribution is 0.0375. The fraction of sp³-hybridized carbons (Fsp3) is 0.765. The Morgan fingerprint density at radius 3 is 2.75 bits per heavy atom. The van der Waals surface area contributed by atoms with Crippen LogP contribution in [0.3, 0.4) is 0 Å². The van der Waals surface area contributed by atoms with Gasteiger partial charge in [0, 0.05) is 38.4 Å². The van der Waals surface area contributed by atoms with E-state index in [0.29, 0.717) is 19.0 Å². The van der Waals surface area contributed by atoms with Crippen LogP contribution in [0.1, 0.15) is 24.7 Å². The van der Waals surface area contributed by atoms with Gasteiger partial charge in [0.2, 0.25) is 0 Å². The first-order valence-corrected chi connectivity index (χ1v) is 8.87. The minimum Gasteiger partial charge on any atom is -0.379 e. The summed E-state index contributed by atoms with van der Waals surface area (Å²) in [6.07, 6.45) is 0.967. The van der Waals surface area contributed by atoms with Crippen LogP contribution >= 0.6 is 0 Å². The fourth-order valence-corrected chi connectivity index (χ4v) is 2.88. The number of nitrogens with zero attached hydrogens (tertiary/aromatic N) is 3. The number of carbonyl (C=O) groups excluding carboxylic acids is 1. The first-order valence-electron chi connectivity index (χ1n) is 8.87. The second kappa shape index (κ2) is 9.64. The number of ether oxygens (including phenoxy) is 1. The number of aryl methyl sites for hydroxylation is 2. The molecule has 0 radical (unpaired) electrons. The molecule has 24 heavy (non-hydrogen) atoms. The highest BCUT2D eigenvalue weighted by Crippen LogP contribution is 2.05. The number of rotatable bonds is 8. The maximum Gasteiger partial charge on any atom is 0.314 e. The highest BCUT2D eigenvalue weighted by atomic mass is 16.5. The molecule has 2 heterocycles. The molecule has 1 saturated heterocycles. The van der Waals surface area contributed by atoms with E-state index in [0.717, 1.165) is 57.2 Å². The summed E-state index contributed by atoms with van der Waals surface area (Å²) in [5.74, 6) is 0.335. The zero-order chi connectivity index (χ0) is 17.4. The van der Waals surface area contributed by atoms with Gasteiger partial charge in [0.1, 0.15) is 0 Å². The second-order valence-corrected chi connectivity index (χ2v) is 6.66. The van der Waals surface area contributed by atoms with Crippen molar-refractivity contribution < 1.29 is 9.53 Å². The van der Waals surface area contributed by atoms with Crippen LogP contribution in [-0.2, 0) is 11.3 Å². The Bertz CT molecular complexity index is 511. The van der Waals surface area contributed by atoms with E-state index in [9.17, 15) is 4.79 Å². The van der Waals surface area contributed by atoms with Crippen LogP contribution < -0.4 is 10.6 Å². The van der Waals surface area contributed by atoms with Crippen molar-refractivity contribution >= 4 is 6.03 Å². The number of nitrogens with one attached hydrogen (secondary N) is 2. The van der Waals surface area contributed by atoms with Gasteiger partial charge in [-0.15, -0.1) is 0 Å². The van der Waals surface area contributed by atoms with Gasteiger partial charge in [0.25, 0.3) is 0 Å². The highest BCUT2D eigenvalue weighted by Gasteiger charge is 2.10. The highest BCUT2D eigenvalue weighted by molar-refractivity contribution is 5.73. The molecule has 136 valence electrons. The van der Waals surface area contributed by atoms with Crippen molar-refractivity contribution in [2.24, 2.45) is 5.92 Å². The molecule has 0 saturated carbocycles. The summed E-state index contributed by atoms with van der Waals surface area (Å²) in [6.45, 7) is 13.0. The minimum atomic E-state index is -0.0859. The summed E-state index contributed by atoms with van der Waals surface area (Å²) in [5, 5.41) is 10.3. The fourth-order valence-electron chi connectivity index (χ4n) is 2.88. The zero-order valence-corrected chi connectivity index (χ0v) is 15.2.